The highest BCUT2D eigenvalue weighted by Gasteiger charge is 2.28. The Bertz CT molecular complexity index is 1450. The van der Waals surface area contributed by atoms with Crippen LogP contribution in [-0.2, 0) is 20.0 Å². The van der Waals surface area contributed by atoms with Gasteiger partial charge in [-0.25, -0.2) is 4.98 Å². The minimum Gasteiger partial charge on any atom is -0.489 e. The monoisotopic (exact) mass is 490 g/mol. The summed E-state index contributed by atoms with van der Waals surface area (Å²) in [6.07, 6.45) is 3.56. The summed E-state index contributed by atoms with van der Waals surface area (Å²) in [4.78, 5) is 19.9. The van der Waals surface area contributed by atoms with Crippen LogP contribution < -0.4 is 4.74 Å². The van der Waals surface area contributed by atoms with Crippen molar-refractivity contribution in [2.75, 3.05) is 33.0 Å². The third kappa shape index (κ3) is 3.93. The molecule has 3 heterocycles. The van der Waals surface area contributed by atoms with Crippen molar-refractivity contribution in [3.63, 3.8) is 0 Å². The average Bonchev–Trinajstić information content (AvgIpc) is 3.56. The Kier molecular flexibility index (Phi) is 5.91. The van der Waals surface area contributed by atoms with Crippen LogP contribution >= 0.6 is 0 Å². The van der Waals surface area contributed by atoms with Gasteiger partial charge in [0.05, 0.1) is 35.5 Å². The Morgan fingerprint density at radius 1 is 1.22 bits per heavy atom. The number of halogens is 1. The molecule has 0 unspecified atom stereocenters. The van der Waals surface area contributed by atoms with Gasteiger partial charge in [-0.15, -0.1) is 0 Å². The molecule has 1 fully saturated rings. The zero-order valence-electron chi connectivity index (χ0n) is 20.5. The molecule has 1 N–H and O–H groups in total. The molecule has 7 nitrogen and oxygen atoms in total. The number of aryl methyl sites for hydroxylation is 1. The summed E-state index contributed by atoms with van der Waals surface area (Å²) in [5.74, 6) is 2.22. The van der Waals surface area contributed by atoms with Gasteiger partial charge >= 0.3 is 0 Å². The van der Waals surface area contributed by atoms with Gasteiger partial charge < -0.3 is 23.9 Å². The maximum absolute atomic E-state index is 13.1. The zero-order chi connectivity index (χ0) is 24.8. The largest absolute Gasteiger partial charge is 0.489 e. The van der Waals surface area contributed by atoms with Gasteiger partial charge in [0.1, 0.15) is 12.4 Å². The van der Waals surface area contributed by atoms with E-state index in [1.54, 1.807) is 4.90 Å². The lowest BCUT2D eigenvalue weighted by atomic mass is 9.98. The van der Waals surface area contributed by atoms with Crippen molar-refractivity contribution in [2.45, 2.75) is 32.2 Å². The third-order valence-corrected chi connectivity index (χ3v) is 7.43. The van der Waals surface area contributed by atoms with Gasteiger partial charge in [-0.2, -0.15) is 0 Å². The molecule has 0 spiro atoms. The van der Waals surface area contributed by atoms with Gasteiger partial charge in [0.25, 0.3) is 5.91 Å². The summed E-state index contributed by atoms with van der Waals surface area (Å²) < 4.78 is 23.0. The van der Waals surface area contributed by atoms with Crippen LogP contribution in [0.1, 0.15) is 35.2 Å². The van der Waals surface area contributed by atoms with Crippen LogP contribution in [0.4, 0.5) is 4.39 Å². The smallest absolute Gasteiger partial charge is 0.254 e. The molecule has 8 heteroatoms. The number of rotatable bonds is 9. The summed E-state index contributed by atoms with van der Waals surface area (Å²) in [5.41, 5.74) is 5.52. The molecule has 1 saturated carbocycles. The number of alkyl halides is 1. The number of fused-ring (bicyclic) bond motifs is 3. The van der Waals surface area contributed by atoms with Crippen LogP contribution in [-0.4, -0.2) is 63.0 Å². The Hall–Kier alpha value is -3.39. The fourth-order valence-electron chi connectivity index (χ4n) is 5.40. The molecule has 1 aliphatic heterocycles. The maximum Gasteiger partial charge on any atom is 0.254 e. The summed E-state index contributed by atoms with van der Waals surface area (Å²) >= 11 is 0. The van der Waals surface area contributed by atoms with Crippen LogP contribution in [0.5, 0.6) is 5.75 Å². The summed E-state index contributed by atoms with van der Waals surface area (Å²) in [6.45, 7) is 1.75. The van der Waals surface area contributed by atoms with Crippen molar-refractivity contribution in [2.24, 2.45) is 13.0 Å². The van der Waals surface area contributed by atoms with Gasteiger partial charge in [0.15, 0.2) is 5.82 Å². The topological polar surface area (TPSA) is 72.5 Å². The number of hydrogen-bond acceptors (Lipinski definition) is 4. The average molecular weight is 491 g/mol. The zero-order valence-corrected chi connectivity index (χ0v) is 20.5. The van der Waals surface area contributed by atoms with E-state index in [1.807, 2.05) is 25.2 Å². The highest BCUT2D eigenvalue weighted by molar-refractivity contribution is 6.00. The first-order chi connectivity index (χ1) is 17.6. The van der Waals surface area contributed by atoms with E-state index in [-0.39, 0.29) is 19.1 Å². The summed E-state index contributed by atoms with van der Waals surface area (Å²) in [5, 5.41) is 10.4. The molecular formula is C28H31FN4O3. The van der Waals surface area contributed by atoms with Crippen LogP contribution in [0.15, 0.2) is 36.4 Å². The fraction of sp³-hybridized carbons (Fsp3) is 0.429. The molecule has 1 aliphatic carbocycles. The predicted molar refractivity (Wildman–Crippen MR) is 137 cm³/mol. The molecule has 2 aromatic carbocycles. The molecule has 36 heavy (non-hydrogen) atoms. The van der Waals surface area contributed by atoms with Crippen molar-refractivity contribution >= 4 is 27.8 Å². The second-order valence-electron chi connectivity index (χ2n) is 9.93. The quantitative estimate of drug-likeness (QED) is 0.379. The van der Waals surface area contributed by atoms with E-state index < -0.39 is 6.67 Å². The van der Waals surface area contributed by atoms with E-state index in [0.29, 0.717) is 31.0 Å². The molecule has 4 aromatic rings. The van der Waals surface area contributed by atoms with Crippen LogP contribution in [0.25, 0.3) is 33.5 Å². The number of nitrogens with zero attached hydrogens (tertiary/aromatic N) is 4. The normalized spacial score (nSPS) is 15.8. The van der Waals surface area contributed by atoms with Gasteiger partial charge in [-0.05, 0) is 61.4 Å². The minimum atomic E-state index is -0.416. The maximum atomic E-state index is 13.1. The van der Waals surface area contributed by atoms with Crippen LogP contribution in [0.3, 0.4) is 0 Å². The van der Waals surface area contributed by atoms with Gasteiger partial charge in [0, 0.05) is 37.6 Å². The number of aromatic nitrogens is 3. The Labute approximate surface area is 209 Å². The first kappa shape index (κ1) is 23.0. The lowest BCUT2D eigenvalue weighted by Crippen LogP contribution is -2.38. The van der Waals surface area contributed by atoms with Gasteiger partial charge in [-0.1, -0.05) is 12.1 Å². The van der Waals surface area contributed by atoms with Gasteiger partial charge in [-0.3, -0.25) is 9.18 Å². The first-order valence-electron chi connectivity index (χ1n) is 12.8. The van der Waals surface area contributed by atoms with Crippen molar-refractivity contribution in [3.05, 3.63) is 47.5 Å². The molecule has 6 rings (SSSR count). The highest BCUT2D eigenvalue weighted by Crippen LogP contribution is 2.39. The van der Waals surface area contributed by atoms with Crippen molar-refractivity contribution < 1.29 is 19.0 Å². The number of benzene rings is 2. The van der Waals surface area contributed by atoms with Crippen LogP contribution in [0, 0.1) is 5.92 Å². The first-order valence-corrected chi connectivity index (χ1v) is 12.8. The molecule has 0 radical (unpaired) electrons. The summed E-state index contributed by atoms with van der Waals surface area (Å²) in [7, 11) is 2.03. The van der Waals surface area contributed by atoms with Crippen LogP contribution in [0.2, 0.25) is 0 Å². The number of aliphatic hydroxyl groups is 1. The van der Waals surface area contributed by atoms with Crippen molar-refractivity contribution in [1.29, 1.82) is 0 Å². The molecule has 0 saturated heterocycles. The highest BCUT2D eigenvalue weighted by atomic mass is 19.1. The lowest BCUT2D eigenvalue weighted by molar-refractivity contribution is 0.0735. The second kappa shape index (κ2) is 9.24. The number of ether oxygens (including phenoxy) is 1. The van der Waals surface area contributed by atoms with Crippen molar-refractivity contribution in [3.8, 4) is 17.3 Å². The Balaban J connectivity index is 1.47. The minimum absolute atomic E-state index is 0.0349. The summed E-state index contributed by atoms with van der Waals surface area (Å²) in [6, 6.07) is 12.2. The number of amides is 1. The van der Waals surface area contributed by atoms with Gasteiger partial charge in [0.2, 0.25) is 0 Å². The van der Waals surface area contributed by atoms with E-state index in [1.165, 1.54) is 12.8 Å². The number of hydrogen-bond donors (Lipinski definition) is 1. The number of carbonyl (C=O) groups excluding carboxylic acids is 1. The Morgan fingerprint density at radius 3 is 2.86 bits per heavy atom. The molecular weight excluding hydrogens is 459 g/mol. The van der Waals surface area contributed by atoms with Crippen molar-refractivity contribution in [1.82, 2.24) is 19.0 Å². The van der Waals surface area contributed by atoms with E-state index in [9.17, 15) is 14.3 Å². The van der Waals surface area contributed by atoms with E-state index >= 15 is 0 Å². The number of para-hydroxylation sites is 1. The standard InChI is InChI=1S/C28H31FN4O3/c1-31-23-14-19-8-11-32(10-3-9-29)28(35)21(19)16-22(23)30-27(31)24-15-20-4-2-5-25(36-13-12-34)26(20)33(24)17-18-6-7-18/h2,4-5,14-16,18,34H,3,6-13,17H2,1H3. The Morgan fingerprint density at radius 2 is 2.08 bits per heavy atom. The third-order valence-electron chi connectivity index (χ3n) is 7.43. The SMILES string of the molecule is Cn1c(-c2cc3cccc(OCCO)c3n2CC2CC2)nc2cc3c(cc21)CCN(CCCF)C3=O. The van der Waals surface area contributed by atoms with E-state index in [2.05, 4.69) is 27.3 Å². The van der Waals surface area contributed by atoms with E-state index in [0.717, 1.165) is 57.7 Å². The number of aliphatic hydroxyl groups excluding tert-OH is 1. The predicted octanol–water partition coefficient (Wildman–Crippen LogP) is 4.33. The molecule has 1 amide bonds. The molecule has 0 bridgehead atoms. The van der Waals surface area contributed by atoms with E-state index in [4.69, 9.17) is 9.72 Å². The molecule has 2 aliphatic rings. The molecule has 0 atom stereocenters. The molecule has 188 valence electrons. The molecule has 2 aromatic heterocycles. The number of imidazole rings is 1. The lowest BCUT2D eigenvalue weighted by Gasteiger charge is -2.28. The fourth-order valence-corrected chi connectivity index (χ4v) is 5.40. The second-order valence-corrected chi connectivity index (χ2v) is 9.93. The number of carbonyl (C=O) groups is 1.